The Labute approximate surface area is 92.2 Å². The van der Waals surface area contributed by atoms with Gasteiger partial charge in [-0.05, 0) is 19.4 Å². The van der Waals surface area contributed by atoms with E-state index in [2.05, 4.69) is 19.2 Å². The summed E-state index contributed by atoms with van der Waals surface area (Å²) in [6.45, 7) is 6.52. The van der Waals surface area contributed by atoms with Crippen LogP contribution in [0.3, 0.4) is 0 Å². The smallest absolute Gasteiger partial charge is 0.0818 e. The average Bonchev–Trinajstić information content (AvgIpc) is 2.25. The fraction of sp³-hybridized carbons (Fsp3) is 1.00. The molecule has 1 fully saturated rings. The molecular weight excluding hydrogens is 194 g/mol. The number of hydrogen-bond acceptors (Lipinski definition) is 3. The van der Waals surface area contributed by atoms with Crippen LogP contribution in [0.15, 0.2) is 0 Å². The van der Waals surface area contributed by atoms with Crippen molar-refractivity contribution < 1.29 is 4.74 Å². The van der Waals surface area contributed by atoms with Crippen LogP contribution in [0, 0.1) is 0 Å². The van der Waals surface area contributed by atoms with E-state index in [4.69, 9.17) is 4.74 Å². The molecule has 1 aliphatic heterocycles. The lowest BCUT2D eigenvalue weighted by molar-refractivity contribution is 0.0446. The number of hydrogen-bond donors (Lipinski definition) is 1. The Bertz CT molecular complexity index is 137. The molecule has 0 radical (unpaired) electrons. The van der Waals surface area contributed by atoms with Gasteiger partial charge in [-0.3, -0.25) is 0 Å². The zero-order valence-electron chi connectivity index (χ0n) is 9.42. The topological polar surface area (TPSA) is 21.3 Å². The monoisotopic (exact) mass is 217 g/mol. The Morgan fingerprint density at radius 1 is 1.43 bits per heavy atom. The van der Waals surface area contributed by atoms with Crippen molar-refractivity contribution in [3.63, 3.8) is 0 Å². The van der Waals surface area contributed by atoms with Crippen molar-refractivity contribution in [3.8, 4) is 0 Å². The van der Waals surface area contributed by atoms with Crippen molar-refractivity contribution >= 4 is 11.8 Å². The van der Waals surface area contributed by atoms with Crippen molar-refractivity contribution in [3.05, 3.63) is 0 Å². The maximum absolute atomic E-state index is 5.81. The summed E-state index contributed by atoms with van der Waals surface area (Å²) in [5.74, 6) is 2.34. The molecular formula is C11H23NOS. The van der Waals surface area contributed by atoms with Gasteiger partial charge in [-0.15, -0.1) is 0 Å². The molecule has 0 aromatic heterocycles. The number of ether oxygens (including phenoxy) is 1. The molecule has 2 atom stereocenters. The molecule has 1 aliphatic rings. The fourth-order valence-corrected chi connectivity index (χ4v) is 2.74. The van der Waals surface area contributed by atoms with Crippen LogP contribution in [0.25, 0.3) is 0 Å². The first-order valence-corrected chi connectivity index (χ1v) is 6.96. The number of nitrogens with one attached hydrogen (secondary N) is 1. The molecule has 0 aliphatic carbocycles. The third-order valence-electron chi connectivity index (χ3n) is 2.55. The molecule has 1 saturated heterocycles. The second-order valence-electron chi connectivity index (χ2n) is 3.83. The first kappa shape index (κ1) is 12.3. The molecule has 2 unspecified atom stereocenters. The Balaban J connectivity index is 2.30. The summed E-state index contributed by atoms with van der Waals surface area (Å²) in [6, 6.07) is 0.577. The van der Waals surface area contributed by atoms with E-state index in [-0.39, 0.29) is 0 Å². The first-order chi connectivity index (χ1) is 6.88. The van der Waals surface area contributed by atoms with Gasteiger partial charge in [-0.1, -0.05) is 20.3 Å². The molecule has 0 amide bonds. The van der Waals surface area contributed by atoms with Crippen molar-refractivity contribution in [2.24, 2.45) is 0 Å². The summed E-state index contributed by atoms with van der Waals surface area (Å²) in [5, 5.41) is 3.60. The van der Waals surface area contributed by atoms with Crippen LogP contribution in [-0.2, 0) is 4.74 Å². The normalized spacial score (nSPS) is 24.9. The van der Waals surface area contributed by atoms with E-state index in [0.717, 1.165) is 13.2 Å². The molecule has 14 heavy (non-hydrogen) atoms. The minimum atomic E-state index is 0.445. The van der Waals surface area contributed by atoms with Crippen LogP contribution in [0.2, 0.25) is 0 Å². The lowest BCUT2D eigenvalue weighted by Gasteiger charge is -2.30. The van der Waals surface area contributed by atoms with Gasteiger partial charge in [0.1, 0.15) is 0 Å². The third-order valence-corrected chi connectivity index (χ3v) is 3.57. The SMILES string of the molecule is CCCNC(CCC)C1CSCCO1. The number of thioether (sulfide) groups is 1. The minimum absolute atomic E-state index is 0.445. The van der Waals surface area contributed by atoms with Gasteiger partial charge in [-0.25, -0.2) is 0 Å². The van der Waals surface area contributed by atoms with Gasteiger partial charge in [0, 0.05) is 17.5 Å². The van der Waals surface area contributed by atoms with Crippen LogP contribution >= 0.6 is 11.8 Å². The number of rotatable bonds is 6. The van der Waals surface area contributed by atoms with Gasteiger partial charge in [0.05, 0.1) is 12.7 Å². The fourth-order valence-electron chi connectivity index (χ4n) is 1.80. The summed E-state index contributed by atoms with van der Waals surface area (Å²) in [6.07, 6.45) is 4.14. The molecule has 1 rings (SSSR count). The molecule has 1 N–H and O–H groups in total. The summed E-state index contributed by atoms with van der Waals surface area (Å²) in [4.78, 5) is 0. The third kappa shape index (κ3) is 4.20. The highest BCUT2D eigenvalue weighted by molar-refractivity contribution is 7.99. The van der Waals surface area contributed by atoms with Crippen LogP contribution in [0.1, 0.15) is 33.1 Å². The van der Waals surface area contributed by atoms with E-state index in [1.807, 2.05) is 11.8 Å². The Hall–Kier alpha value is 0.270. The predicted octanol–water partition coefficient (Wildman–Crippen LogP) is 2.29. The van der Waals surface area contributed by atoms with Crippen molar-refractivity contribution in [1.82, 2.24) is 5.32 Å². The molecule has 2 nitrogen and oxygen atoms in total. The molecule has 0 saturated carbocycles. The molecule has 84 valence electrons. The van der Waals surface area contributed by atoms with E-state index in [1.54, 1.807) is 0 Å². The van der Waals surface area contributed by atoms with Crippen molar-refractivity contribution in [2.75, 3.05) is 24.7 Å². The van der Waals surface area contributed by atoms with Gasteiger partial charge in [0.2, 0.25) is 0 Å². The second-order valence-corrected chi connectivity index (χ2v) is 4.98. The van der Waals surface area contributed by atoms with Crippen molar-refractivity contribution in [2.45, 2.75) is 45.3 Å². The maximum Gasteiger partial charge on any atom is 0.0818 e. The van der Waals surface area contributed by atoms with Crippen LogP contribution in [0.4, 0.5) is 0 Å². The zero-order chi connectivity index (χ0) is 10.2. The van der Waals surface area contributed by atoms with Crippen LogP contribution < -0.4 is 5.32 Å². The van der Waals surface area contributed by atoms with E-state index >= 15 is 0 Å². The zero-order valence-corrected chi connectivity index (χ0v) is 10.2. The largest absolute Gasteiger partial charge is 0.375 e. The Kier molecular flexibility index (Phi) is 6.65. The minimum Gasteiger partial charge on any atom is -0.375 e. The first-order valence-electron chi connectivity index (χ1n) is 5.81. The van der Waals surface area contributed by atoms with E-state index in [1.165, 1.54) is 30.8 Å². The highest BCUT2D eigenvalue weighted by atomic mass is 32.2. The summed E-state index contributed by atoms with van der Waals surface area (Å²) in [7, 11) is 0. The molecule has 0 aromatic carbocycles. The summed E-state index contributed by atoms with van der Waals surface area (Å²) < 4.78 is 5.81. The summed E-state index contributed by atoms with van der Waals surface area (Å²) >= 11 is 2.03. The van der Waals surface area contributed by atoms with Crippen molar-refractivity contribution in [1.29, 1.82) is 0 Å². The molecule has 0 spiro atoms. The Morgan fingerprint density at radius 3 is 2.86 bits per heavy atom. The highest BCUT2D eigenvalue weighted by Crippen LogP contribution is 2.17. The van der Waals surface area contributed by atoms with Crippen LogP contribution in [0.5, 0.6) is 0 Å². The molecule has 1 heterocycles. The van der Waals surface area contributed by atoms with Gasteiger partial charge in [0.25, 0.3) is 0 Å². The highest BCUT2D eigenvalue weighted by Gasteiger charge is 2.23. The van der Waals surface area contributed by atoms with Gasteiger partial charge >= 0.3 is 0 Å². The van der Waals surface area contributed by atoms with E-state index in [9.17, 15) is 0 Å². The summed E-state index contributed by atoms with van der Waals surface area (Å²) in [5.41, 5.74) is 0. The lowest BCUT2D eigenvalue weighted by Crippen LogP contribution is -2.45. The predicted molar refractivity (Wildman–Crippen MR) is 64.1 cm³/mol. The maximum atomic E-state index is 5.81. The van der Waals surface area contributed by atoms with E-state index in [0.29, 0.717) is 12.1 Å². The molecule has 0 aromatic rings. The standard InChI is InChI=1S/C11H23NOS/c1-3-5-10(12-6-4-2)11-9-14-8-7-13-11/h10-12H,3-9H2,1-2H3. The van der Waals surface area contributed by atoms with Gasteiger partial charge in [0.15, 0.2) is 0 Å². The Morgan fingerprint density at radius 2 is 2.29 bits per heavy atom. The molecule has 3 heteroatoms. The van der Waals surface area contributed by atoms with Crippen LogP contribution in [-0.4, -0.2) is 36.8 Å². The molecule has 0 bridgehead atoms. The van der Waals surface area contributed by atoms with Gasteiger partial charge < -0.3 is 10.1 Å². The quantitative estimate of drug-likeness (QED) is 0.737. The average molecular weight is 217 g/mol. The lowest BCUT2D eigenvalue weighted by atomic mass is 10.1. The van der Waals surface area contributed by atoms with Gasteiger partial charge in [-0.2, -0.15) is 11.8 Å². The van der Waals surface area contributed by atoms with E-state index < -0.39 is 0 Å². The second kappa shape index (κ2) is 7.55.